The van der Waals surface area contributed by atoms with Crippen LogP contribution < -0.4 is 10.1 Å². The van der Waals surface area contributed by atoms with Crippen LogP contribution in [-0.2, 0) is 6.54 Å². The van der Waals surface area contributed by atoms with Crippen LogP contribution in [0.4, 0.5) is 4.39 Å². The lowest BCUT2D eigenvalue weighted by Gasteiger charge is -2.22. The van der Waals surface area contributed by atoms with Crippen LogP contribution in [0.2, 0.25) is 0 Å². The van der Waals surface area contributed by atoms with Crippen molar-refractivity contribution in [3.8, 4) is 5.75 Å². The van der Waals surface area contributed by atoms with Gasteiger partial charge in [-0.15, -0.1) is 35.3 Å². The number of aromatic nitrogens is 1. The van der Waals surface area contributed by atoms with Crippen LogP contribution in [0.5, 0.6) is 5.75 Å². The molecule has 0 bridgehead atoms. The first-order valence-electron chi connectivity index (χ1n) is 7.90. The average Bonchev–Trinajstić information content (AvgIpc) is 3.11. The van der Waals surface area contributed by atoms with Crippen molar-refractivity contribution in [1.29, 1.82) is 0 Å². The number of guanidine groups is 1. The molecule has 26 heavy (non-hydrogen) atoms. The molecule has 2 rings (SSSR count). The first-order valence-corrected chi connectivity index (χ1v) is 9.77. The molecular formula is C17H24FIN4OS2. The molecule has 0 atom stereocenters. The largest absolute Gasteiger partial charge is 0.494 e. The minimum Gasteiger partial charge on any atom is -0.494 e. The molecule has 1 N–H and O–H groups in total. The van der Waals surface area contributed by atoms with E-state index >= 15 is 0 Å². The zero-order valence-electron chi connectivity index (χ0n) is 15.1. The van der Waals surface area contributed by atoms with Crippen LogP contribution in [0, 0.1) is 5.82 Å². The Kier molecular flexibility index (Phi) is 10.9. The summed E-state index contributed by atoms with van der Waals surface area (Å²) in [6.45, 7) is 1.39. The number of nitrogens with one attached hydrogen (secondary N) is 1. The van der Waals surface area contributed by atoms with Crippen molar-refractivity contribution < 1.29 is 9.13 Å². The van der Waals surface area contributed by atoms with Crippen molar-refractivity contribution >= 4 is 53.0 Å². The molecule has 9 heteroatoms. The lowest BCUT2D eigenvalue weighted by Crippen LogP contribution is -2.39. The van der Waals surface area contributed by atoms with E-state index in [4.69, 9.17) is 4.74 Å². The predicted octanol–water partition coefficient (Wildman–Crippen LogP) is 4.10. The molecule has 2 aromatic rings. The molecule has 0 saturated carbocycles. The van der Waals surface area contributed by atoms with Gasteiger partial charge < -0.3 is 15.0 Å². The van der Waals surface area contributed by atoms with Gasteiger partial charge in [-0.05, 0) is 24.1 Å². The molecule has 0 amide bonds. The fourth-order valence-electron chi connectivity index (χ4n) is 2.26. The summed E-state index contributed by atoms with van der Waals surface area (Å²) in [7, 11) is 5.14. The third-order valence-electron chi connectivity index (χ3n) is 3.45. The number of thiazole rings is 1. The summed E-state index contributed by atoms with van der Waals surface area (Å²) in [6, 6.07) is 4.99. The standard InChI is InChI=1S/C17H23FN4OS2.HI/c1-19-16(20-7-4-9-24-17-21-8-10-25-17)22(2)12-13-5-6-15(23-3)14(18)11-13;/h5-6,8,10-11H,4,7,9,12H2,1-3H3,(H,19,20);1H. The van der Waals surface area contributed by atoms with E-state index in [9.17, 15) is 4.39 Å². The Hall–Kier alpha value is -1.07. The van der Waals surface area contributed by atoms with Crippen molar-refractivity contribution in [2.45, 2.75) is 17.3 Å². The molecule has 5 nitrogen and oxygen atoms in total. The normalized spacial score (nSPS) is 11.0. The van der Waals surface area contributed by atoms with Gasteiger partial charge in [0.1, 0.15) is 4.34 Å². The van der Waals surface area contributed by atoms with Crippen LogP contribution in [0.1, 0.15) is 12.0 Å². The van der Waals surface area contributed by atoms with Gasteiger partial charge in [-0.3, -0.25) is 4.99 Å². The van der Waals surface area contributed by atoms with Crippen LogP contribution in [-0.4, -0.2) is 49.3 Å². The van der Waals surface area contributed by atoms with Crippen molar-refractivity contribution in [2.75, 3.05) is 33.5 Å². The highest BCUT2D eigenvalue weighted by atomic mass is 127. The molecular weight excluding hydrogens is 486 g/mol. The minimum absolute atomic E-state index is 0. The van der Waals surface area contributed by atoms with Crippen molar-refractivity contribution in [3.05, 3.63) is 41.2 Å². The summed E-state index contributed by atoms with van der Waals surface area (Å²) < 4.78 is 19.8. The van der Waals surface area contributed by atoms with E-state index in [0.29, 0.717) is 6.54 Å². The smallest absolute Gasteiger partial charge is 0.193 e. The number of benzene rings is 1. The monoisotopic (exact) mass is 510 g/mol. The lowest BCUT2D eigenvalue weighted by atomic mass is 10.2. The number of halogens is 2. The van der Waals surface area contributed by atoms with E-state index in [1.807, 2.05) is 29.6 Å². The van der Waals surface area contributed by atoms with Crippen LogP contribution >= 0.6 is 47.1 Å². The summed E-state index contributed by atoms with van der Waals surface area (Å²) in [5.41, 5.74) is 0.864. The van der Waals surface area contributed by atoms with Gasteiger partial charge in [-0.25, -0.2) is 9.37 Å². The van der Waals surface area contributed by atoms with E-state index in [-0.39, 0.29) is 35.5 Å². The highest BCUT2D eigenvalue weighted by molar-refractivity contribution is 14.0. The zero-order valence-corrected chi connectivity index (χ0v) is 19.0. The third-order valence-corrected chi connectivity index (χ3v) is 5.50. The van der Waals surface area contributed by atoms with Gasteiger partial charge in [0, 0.05) is 44.5 Å². The Morgan fingerprint density at radius 3 is 2.88 bits per heavy atom. The number of ether oxygens (including phenoxy) is 1. The Labute approximate surface area is 179 Å². The number of hydrogen-bond acceptors (Lipinski definition) is 5. The van der Waals surface area contributed by atoms with Gasteiger partial charge in [0.25, 0.3) is 0 Å². The van der Waals surface area contributed by atoms with Crippen LogP contribution in [0.25, 0.3) is 0 Å². The highest BCUT2D eigenvalue weighted by Gasteiger charge is 2.09. The number of hydrogen-bond donors (Lipinski definition) is 1. The van der Waals surface area contributed by atoms with Gasteiger partial charge in [0.05, 0.1) is 7.11 Å². The van der Waals surface area contributed by atoms with E-state index in [1.54, 1.807) is 36.2 Å². The van der Waals surface area contributed by atoms with Gasteiger partial charge in [-0.2, -0.15) is 0 Å². The number of nitrogens with zero attached hydrogens (tertiary/aromatic N) is 3. The Morgan fingerprint density at radius 1 is 1.46 bits per heavy atom. The second-order valence-corrected chi connectivity index (χ2v) is 7.54. The maximum atomic E-state index is 13.8. The molecule has 0 aliphatic heterocycles. The van der Waals surface area contributed by atoms with Crippen LogP contribution in [0.3, 0.4) is 0 Å². The second-order valence-electron chi connectivity index (χ2n) is 5.30. The van der Waals surface area contributed by atoms with Crippen molar-refractivity contribution in [3.63, 3.8) is 0 Å². The quantitative estimate of drug-likeness (QED) is 0.191. The molecule has 0 radical (unpaired) electrons. The van der Waals surface area contributed by atoms with E-state index < -0.39 is 0 Å². The molecule has 144 valence electrons. The third kappa shape index (κ3) is 7.28. The van der Waals surface area contributed by atoms with E-state index in [2.05, 4.69) is 15.3 Å². The molecule has 0 aliphatic rings. The summed E-state index contributed by atoms with van der Waals surface area (Å²) in [4.78, 5) is 10.5. The SMILES string of the molecule is CN=C(NCCCSc1nccs1)N(C)Cc1ccc(OC)c(F)c1.I. The van der Waals surface area contributed by atoms with E-state index in [0.717, 1.165) is 34.6 Å². The summed E-state index contributed by atoms with van der Waals surface area (Å²) >= 11 is 3.42. The molecule has 0 fully saturated rings. The first-order chi connectivity index (χ1) is 12.1. The van der Waals surface area contributed by atoms with Crippen LogP contribution in [0.15, 0.2) is 39.1 Å². The average molecular weight is 510 g/mol. The Morgan fingerprint density at radius 2 is 2.27 bits per heavy atom. The second kappa shape index (κ2) is 12.3. The zero-order chi connectivity index (χ0) is 18.1. The van der Waals surface area contributed by atoms with Crippen molar-refractivity contribution in [2.24, 2.45) is 4.99 Å². The molecule has 0 aliphatic carbocycles. The van der Waals surface area contributed by atoms with Crippen molar-refractivity contribution in [1.82, 2.24) is 15.2 Å². The molecule has 1 aromatic heterocycles. The number of methoxy groups -OCH3 is 1. The fraction of sp³-hybridized carbons (Fsp3) is 0.412. The van der Waals surface area contributed by atoms with Gasteiger partial charge in [0.2, 0.25) is 0 Å². The molecule has 0 spiro atoms. The highest BCUT2D eigenvalue weighted by Crippen LogP contribution is 2.20. The number of aliphatic imine (C=N–C) groups is 1. The summed E-state index contributed by atoms with van der Waals surface area (Å²) in [6.07, 6.45) is 2.83. The topological polar surface area (TPSA) is 49.8 Å². The van der Waals surface area contributed by atoms with Gasteiger partial charge in [0.15, 0.2) is 17.5 Å². The molecule has 1 aromatic carbocycles. The van der Waals surface area contributed by atoms with E-state index in [1.165, 1.54) is 13.2 Å². The lowest BCUT2D eigenvalue weighted by molar-refractivity contribution is 0.385. The predicted molar refractivity (Wildman–Crippen MR) is 119 cm³/mol. The fourth-order valence-corrected chi connectivity index (χ4v) is 3.90. The number of thioether (sulfide) groups is 1. The minimum atomic E-state index is -0.351. The first kappa shape index (κ1) is 23.0. The molecule has 0 saturated heterocycles. The maximum Gasteiger partial charge on any atom is 0.193 e. The Bertz CT molecular complexity index is 685. The maximum absolute atomic E-state index is 13.8. The molecule has 0 unspecified atom stereocenters. The molecule has 1 heterocycles. The number of rotatable bonds is 8. The van der Waals surface area contributed by atoms with Gasteiger partial charge >= 0.3 is 0 Å². The Balaban J connectivity index is 0.00000338. The summed E-state index contributed by atoms with van der Waals surface area (Å²) in [5, 5.41) is 5.32. The van der Waals surface area contributed by atoms with Gasteiger partial charge in [-0.1, -0.05) is 17.8 Å². The summed E-state index contributed by atoms with van der Waals surface area (Å²) in [5.74, 6) is 1.70.